The molecule has 0 saturated heterocycles. The molecule has 3 heterocycles. The van der Waals surface area contributed by atoms with Crippen LogP contribution in [0.25, 0.3) is 11.1 Å². The first-order valence-corrected chi connectivity index (χ1v) is 20.5. The molecule has 6 N–H and O–H groups in total. The van der Waals surface area contributed by atoms with Crippen LogP contribution in [-0.2, 0) is 54.5 Å². The van der Waals surface area contributed by atoms with E-state index in [-0.39, 0.29) is 25.7 Å². The predicted octanol–water partition coefficient (Wildman–Crippen LogP) is 4.00. The Bertz CT molecular complexity index is 2240. The Labute approximate surface area is 351 Å². The van der Waals surface area contributed by atoms with E-state index in [1.54, 1.807) is 24.3 Å². The van der Waals surface area contributed by atoms with Gasteiger partial charge in [0.2, 0.25) is 23.6 Å². The highest BCUT2D eigenvalue weighted by atomic mass is 32.1. The molecular weight excluding hydrogens is 783 g/mol. The first kappa shape index (κ1) is 42.8. The van der Waals surface area contributed by atoms with Gasteiger partial charge in [0.25, 0.3) is 5.91 Å². The number of aliphatic carboxylic acids is 1. The smallest absolute Gasteiger partial charge is 0.325 e. The zero-order chi connectivity index (χ0) is 42.4. The van der Waals surface area contributed by atoms with Crippen molar-refractivity contribution in [1.29, 1.82) is 0 Å². The minimum atomic E-state index is -1.26. The fourth-order valence-electron chi connectivity index (χ4n) is 6.72. The number of carbonyl (C=O) groups excluding carboxylic acids is 5. The maximum atomic E-state index is 14.5. The molecule has 2 aliphatic rings. The fourth-order valence-corrected chi connectivity index (χ4v) is 7.47. The Morgan fingerprint density at radius 2 is 1.32 bits per heavy atom. The summed E-state index contributed by atoms with van der Waals surface area (Å²) >= 11 is 1.42. The van der Waals surface area contributed by atoms with Crippen molar-refractivity contribution in [2.75, 3.05) is 6.61 Å². The van der Waals surface area contributed by atoms with Crippen LogP contribution >= 0.6 is 11.3 Å². The number of thiophene rings is 1. The minimum absolute atomic E-state index is 0.0356. The molecule has 0 aliphatic carbocycles. The highest BCUT2D eigenvalue weighted by Gasteiger charge is 2.33. The SMILES string of the molecule is C[C@H](NC(=O)[C@@H]1Cc2ccc(cc2)OCC(=O)NC(Cc2cccs2)C(=O)N[C@@H](Cc2ccc(-c3ccccc3)cc2)C(=O)N[C@H](CCc2ccccc2)C(=O)N1)C(=O)O. The van der Waals surface area contributed by atoms with E-state index in [1.807, 2.05) is 102 Å². The molecular formula is C46H47N5O8S. The van der Waals surface area contributed by atoms with Gasteiger partial charge in [0, 0.05) is 24.1 Å². The molecule has 7 rings (SSSR count). The highest BCUT2D eigenvalue weighted by molar-refractivity contribution is 7.09. The molecule has 13 nitrogen and oxygen atoms in total. The summed E-state index contributed by atoms with van der Waals surface area (Å²) in [5, 5.41) is 25.1. The number of nitrogens with one attached hydrogen (secondary N) is 5. The number of ether oxygens (including phenoxy) is 1. The van der Waals surface area contributed by atoms with Gasteiger partial charge in [-0.05, 0) is 71.2 Å². The molecule has 1 aromatic heterocycles. The molecule has 5 aromatic rings. The van der Waals surface area contributed by atoms with Crippen molar-refractivity contribution < 1.29 is 38.6 Å². The van der Waals surface area contributed by atoms with Crippen molar-refractivity contribution in [2.45, 2.75) is 69.2 Å². The summed E-state index contributed by atoms with van der Waals surface area (Å²) < 4.78 is 5.74. The van der Waals surface area contributed by atoms with Gasteiger partial charge in [-0.3, -0.25) is 28.8 Å². The zero-order valence-electron chi connectivity index (χ0n) is 33.0. The number of carbonyl (C=O) groups is 6. The molecule has 0 saturated carbocycles. The summed E-state index contributed by atoms with van der Waals surface area (Å²) in [5.74, 6) is -4.19. The molecule has 14 heteroatoms. The topological polar surface area (TPSA) is 192 Å². The van der Waals surface area contributed by atoms with Crippen LogP contribution in [-0.4, -0.2) is 77.4 Å². The van der Waals surface area contributed by atoms with E-state index in [0.29, 0.717) is 17.7 Å². The Morgan fingerprint density at radius 3 is 1.97 bits per heavy atom. The van der Waals surface area contributed by atoms with Crippen molar-refractivity contribution >= 4 is 46.8 Å². The van der Waals surface area contributed by atoms with Gasteiger partial charge in [-0.1, -0.05) is 103 Å². The van der Waals surface area contributed by atoms with Crippen molar-refractivity contribution in [3.8, 4) is 16.9 Å². The molecule has 0 fully saturated rings. The maximum Gasteiger partial charge on any atom is 0.325 e. The Hall–Kier alpha value is -6.80. The van der Waals surface area contributed by atoms with Crippen LogP contribution < -0.4 is 31.3 Å². The molecule has 5 amide bonds. The van der Waals surface area contributed by atoms with E-state index in [4.69, 9.17) is 4.74 Å². The molecule has 60 heavy (non-hydrogen) atoms. The van der Waals surface area contributed by atoms with Gasteiger partial charge in [0.05, 0.1) is 0 Å². The summed E-state index contributed by atoms with van der Waals surface area (Å²) in [7, 11) is 0. The largest absolute Gasteiger partial charge is 0.484 e. The number of hydrogen-bond donors (Lipinski definition) is 6. The van der Waals surface area contributed by atoms with Gasteiger partial charge >= 0.3 is 5.97 Å². The van der Waals surface area contributed by atoms with Crippen LogP contribution in [0, 0.1) is 0 Å². The number of rotatable bonds is 11. The first-order valence-electron chi connectivity index (χ1n) is 19.7. The average molecular weight is 830 g/mol. The van der Waals surface area contributed by atoms with Crippen LogP contribution in [0.5, 0.6) is 5.75 Å². The van der Waals surface area contributed by atoms with Gasteiger partial charge in [0.1, 0.15) is 36.0 Å². The lowest BCUT2D eigenvalue weighted by Gasteiger charge is -2.27. The predicted molar refractivity (Wildman–Crippen MR) is 227 cm³/mol. The summed E-state index contributed by atoms with van der Waals surface area (Å²) in [5.41, 5.74) is 4.18. The van der Waals surface area contributed by atoms with Crippen LogP contribution in [0.15, 0.2) is 127 Å². The average Bonchev–Trinajstić information content (AvgIpc) is 3.78. The van der Waals surface area contributed by atoms with Gasteiger partial charge < -0.3 is 36.4 Å². The standard InChI is InChI=1S/C46H47N5O8S/c1-29(46(57)58)47-43(54)38-26-32-16-21-35(22-17-32)59-28-41(52)48-40(27-36-13-8-24-60-36)45(56)51-39(25-31-14-19-34(20-15-31)33-11-6-3-7-12-33)44(55)49-37(42(53)50-38)23-18-30-9-4-2-5-10-30/h2-17,19-22,24,29,37-40H,18,23,25-28H2,1H3,(H,47,54)(H,48,52)(H,49,55)(H,50,53)(H,51,56)(H,57,58)/t29-,37+,38-,39-,40?/m0/s1. The van der Waals surface area contributed by atoms with E-state index in [0.717, 1.165) is 27.1 Å². The summed E-state index contributed by atoms with van der Waals surface area (Å²) in [6, 6.07) is 31.0. The summed E-state index contributed by atoms with van der Waals surface area (Å²) in [6.07, 6.45) is 0.647. The number of fused-ring (bicyclic) bond motifs is 16. The highest BCUT2D eigenvalue weighted by Crippen LogP contribution is 2.21. The van der Waals surface area contributed by atoms with Crippen molar-refractivity contribution in [3.05, 3.63) is 148 Å². The lowest BCUT2D eigenvalue weighted by molar-refractivity contribution is -0.141. The first-order chi connectivity index (χ1) is 29.0. The summed E-state index contributed by atoms with van der Waals surface area (Å²) in [4.78, 5) is 82.4. The molecule has 1 unspecified atom stereocenters. The number of carboxylic acid groups (broad SMARTS) is 1. The number of hydrogen-bond acceptors (Lipinski definition) is 8. The Balaban J connectivity index is 1.35. The molecule has 0 radical (unpaired) electrons. The van der Waals surface area contributed by atoms with Gasteiger partial charge in [-0.25, -0.2) is 0 Å². The van der Waals surface area contributed by atoms with E-state index in [2.05, 4.69) is 26.6 Å². The molecule has 4 aromatic carbocycles. The normalized spacial score (nSPS) is 19.5. The van der Waals surface area contributed by atoms with Crippen molar-refractivity contribution in [3.63, 3.8) is 0 Å². The van der Waals surface area contributed by atoms with Crippen LogP contribution in [0.1, 0.15) is 34.9 Å². The van der Waals surface area contributed by atoms with Crippen molar-refractivity contribution in [2.24, 2.45) is 0 Å². The van der Waals surface area contributed by atoms with E-state index in [9.17, 15) is 33.9 Å². The molecule has 2 bridgehead atoms. The monoisotopic (exact) mass is 829 g/mol. The summed E-state index contributed by atoms with van der Waals surface area (Å²) in [6.45, 7) is 0.897. The second-order valence-corrected chi connectivity index (χ2v) is 15.6. The van der Waals surface area contributed by atoms with Crippen LogP contribution in [0.4, 0.5) is 0 Å². The van der Waals surface area contributed by atoms with Crippen molar-refractivity contribution in [1.82, 2.24) is 26.6 Å². The van der Waals surface area contributed by atoms with Gasteiger partial charge in [0.15, 0.2) is 6.61 Å². The third kappa shape index (κ3) is 12.4. The van der Waals surface area contributed by atoms with Crippen LogP contribution in [0.2, 0.25) is 0 Å². The van der Waals surface area contributed by atoms with E-state index < -0.39 is 72.3 Å². The Morgan fingerprint density at radius 1 is 0.700 bits per heavy atom. The Kier molecular flexibility index (Phi) is 14.8. The lowest BCUT2D eigenvalue weighted by Crippen LogP contribution is -2.59. The second-order valence-electron chi connectivity index (χ2n) is 14.6. The third-order valence-electron chi connectivity index (χ3n) is 10.1. The van der Waals surface area contributed by atoms with Gasteiger partial charge in [-0.2, -0.15) is 0 Å². The van der Waals surface area contributed by atoms with E-state index in [1.165, 1.54) is 18.3 Å². The number of benzene rings is 4. The number of aryl methyl sites for hydroxylation is 1. The quantitative estimate of drug-likeness (QED) is 0.108. The molecule has 310 valence electrons. The molecule has 5 atom stereocenters. The third-order valence-corrected chi connectivity index (χ3v) is 11.0. The molecule has 2 aliphatic heterocycles. The number of carboxylic acids is 1. The lowest BCUT2D eigenvalue weighted by atomic mass is 9.99. The number of amides is 5. The second kappa shape index (κ2) is 20.8. The van der Waals surface area contributed by atoms with Crippen LogP contribution in [0.3, 0.4) is 0 Å². The van der Waals surface area contributed by atoms with E-state index >= 15 is 0 Å². The zero-order valence-corrected chi connectivity index (χ0v) is 33.8. The fraction of sp³-hybridized carbons (Fsp3) is 0.261. The minimum Gasteiger partial charge on any atom is -0.484 e. The molecule has 0 spiro atoms. The maximum absolute atomic E-state index is 14.5. The van der Waals surface area contributed by atoms with Gasteiger partial charge in [-0.15, -0.1) is 11.3 Å².